The quantitative estimate of drug-likeness (QED) is 0.847. The summed E-state index contributed by atoms with van der Waals surface area (Å²) in [6.45, 7) is 12.3. The number of imidazole rings is 1. The van der Waals surface area contributed by atoms with E-state index in [1.807, 2.05) is 45.2 Å². The Kier molecular flexibility index (Phi) is 6.29. The van der Waals surface area contributed by atoms with Crippen molar-refractivity contribution >= 4 is 5.91 Å². The van der Waals surface area contributed by atoms with Gasteiger partial charge in [0.25, 0.3) is 0 Å². The number of nitrogens with one attached hydrogen (secondary N) is 1. The van der Waals surface area contributed by atoms with Crippen molar-refractivity contribution in [2.45, 2.75) is 32.9 Å². The number of benzene rings is 1. The molecule has 1 fully saturated rings. The molecule has 27 heavy (non-hydrogen) atoms. The number of hydrogen-bond donors (Lipinski definition) is 1. The standard InChI is InChI=1S/C21H31N5O/c1-21(2,3)23-19(27)17-25-13-11-24(12-14-25)15-16-26-10-9-22-20(26)18-7-5-4-6-8-18/h4-10H,11-17H2,1-3H3,(H,23,27). The van der Waals surface area contributed by atoms with Crippen LogP contribution >= 0.6 is 0 Å². The van der Waals surface area contributed by atoms with E-state index >= 15 is 0 Å². The van der Waals surface area contributed by atoms with Crippen molar-refractivity contribution in [2.75, 3.05) is 39.3 Å². The summed E-state index contributed by atoms with van der Waals surface area (Å²) >= 11 is 0. The molecule has 3 rings (SSSR count). The van der Waals surface area contributed by atoms with Gasteiger partial charge in [-0.2, -0.15) is 0 Å². The van der Waals surface area contributed by atoms with Crippen molar-refractivity contribution in [3.05, 3.63) is 42.7 Å². The molecule has 1 aromatic heterocycles. The van der Waals surface area contributed by atoms with Crippen LogP contribution in [0, 0.1) is 0 Å². The van der Waals surface area contributed by atoms with Crippen LogP contribution in [-0.2, 0) is 11.3 Å². The Morgan fingerprint density at radius 2 is 1.70 bits per heavy atom. The Labute approximate surface area is 162 Å². The summed E-state index contributed by atoms with van der Waals surface area (Å²) < 4.78 is 2.22. The van der Waals surface area contributed by atoms with Gasteiger partial charge in [-0.25, -0.2) is 4.98 Å². The molecule has 0 bridgehead atoms. The van der Waals surface area contributed by atoms with Crippen molar-refractivity contribution in [1.29, 1.82) is 0 Å². The second kappa shape index (κ2) is 8.67. The number of amides is 1. The lowest BCUT2D eigenvalue weighted by atomic mass is 10.1. The molecule has 146 valence electrons. The highest BCUT2D eigenvalue weighted by molar-refractivity contribution is 5.78. The average molecular weight is 370 g/mol. The SMILES string of the molecule is CC(C)(C)NC(=O)CN1CCN(CCn2ccnc2-c2ccccc2)CC1. The van der Waals surface area contributed by atoms with Gasteiger partial charge in [-0.1, -0.05) is 30.3 Å². The van der Waals surface area contributed by atoms with E-state index in [-0.39, 0.29) is 11.4 Å². The van der Waals surface area contributed by atoms with Crippen LogP contribution < -0.4 is 5.32 Å². The molecule has 0 spiro atoms. The lowest BCUT2D eigenvalue weighted by Gasteiger charge is -2.35. The highest BCUT2D eigenvalue weighted by atomic mass is 16.2. The fraction of sp³-hybridized carbons (Fsp3) is 0.524. The van der Waals surface area contributed by atoms with Crippen LogP contribution in [0.5, 0.6) is 0 Å². The summed E-state index contributed by atoms with van der Waals surface area (Å²) in [6, 6.07) is 10.3. The maximum Gasteiger partial charge on any atom is 0.234 e. The normalized spacial score (nSPS) is 16.4. The summed E-state index contributed by atoms with van der Waals surface area (Å²) in [4.78, 5) is 21.3. The van der Waals surface area contributed by atoms with Crippen molar-refractivity contribution < 1.29 is 4.79 Å². The van der Waals surface area contributed by atoms with Gasteiger partial charge < -0.3 is 9.88 Å². The second-order valence-electron chi connectivity index (χ2n) is 8.23. The Bertz CT molecular complexity index is 727. The molecule has 0 atom stereocenters. The lowest BCUT2D eigenvalue weighted by molar-refractivity contribution is -0.124. The maximum atomic E-state index is 12.1. The fourth-order valence-corrected chi connectivity index (χ4v) is 3.42. The molecule has 0 radical (unpaired) electrons. The van der Waals surface area contributed by atoms with Crippen LogP contribution in [0.3, 0.4) is 0 Å². The number of carbonyl (C=O) groups excluding carboxylic acids is 1. The average Bonchev–Trinajstić information content (AvgIpc) is 3.09. The molecule has 0 unspecified atom stereocenters. The van der Waals surface area contributed by atoms with Gasteiger partial charge >= 0.3 is 0 Å². The Balaban J connectivity index is 1.44. The van der Waals surface area contributed by atoms with E-state index in [0.29, 0.717) is 6.54 Å². The zero-order valence-corrected chi connectivity index (χ0v) is 16.7. The van der Waals surface area contributed by atoms with E-state index < -0.39 is 0 Å². The number of carbonyl (C=O) groups is 1. The molecule has 1 aliphatic rings. The van der Waals surface area contributed by atoms with Gasteiger partial charge in [-0.3, -0.25) is 14.6 Å². The van der Waals surface area contributed by atoms with Gasteiger partial charge in [0.2, 0.25) is 5.91 Å². The van der Waals surface area contributed by atoms with Crippen LogP contribution in [0.1, 0.15) is 20.8 Å². The number of hydrogen-bond acceptors (Lipinski definition) is 4. The number of nitrogens with zero attached hydrogens (tertiary/aromatic N) is 4. The van der Waals surface area contributed by atoms with Crippen molar-refractivity contribution in [2.24, 2.45) is 0 Å². The van der Waals surface area contributed by atoms with Gasteiger partial charge in [0.1, 0.15) is 5.82 Å². The first kappa shape index (κ1) is 19.6. The highest BCUT2D eigenvalue weighted by Crippen LogP contribution is 2.16. The summed E-state index contributed by atoms with van der Waals surface area (Å²) in [5, 5.41) is 3.04. The minimum Gasteiger partial charge on any atom is -0.350 e. The first-order valence-electron chi connectivity index (χ1n) is 9.73. The molecule has 1 saturated heterocycles. The van der Waals surface area contributed by atoms with Crippen molar-refractivity contribution in [1.82, 2.24) is 24.7 Å². The minimum atomic E-state index is -0.167. The van der Waals surface area contributed by atoms with E-state index in [1.54, 1.807) is 0 Å². The maximum absolute atomic E-state index is 12.1. The van der Waals surface area contributed by atoms with Crippen LogP contribution in [0.2, 0.25) is 0 Å². The first-order valence-corrected chi connectivity index (χ1v) is 9.73. The third kappa shape index (κ3) is 5.91. The topological polar surface area (TPSA) is 53.4 Å². The third-order valence-corrected chi connectivity index (χ3v) is 4.75. The van der Waals surface area contributed by atoms with E-state index in [0.717, 1.165) is 50.7 Å². The van der Waals surface area contributed by atoms with E-state index in [1.165, 1.54) is 0 Å². The molecule has 1 aliphatic heterocycles. The Morgan fingerprint density at radius 3 is 2.37 bits per heavy atom. The summed E-state index contributed by atoms with van der Waals surface area (Å²) in [6.07, 6.45) is 3.92. The smallest absolute Gasteiger partial charge is 0.234 e. The van der Waals surface area contributed by atoms with Crippen LogP contribution in [0.15, 0.2) is 42.7 Å². The number of aromatic nitrogens is 2. The fourth-order valence-electron chi connectivity index (χ4n) is 3.42. The zero-order chi connectivity index (χ0) is 19.3. The van der Waals surface area contributed by atoms with Crippen molar-refractivity contribution in [3.8, 4) is 11.4 Å². The third-order valence-electron chi connectivity index (χ3n) is 4.75. The Morgan fingerprint density at radius 1 is 1.04 bits per heavy atom. The molecule has 1 aromatic carbocycles. The second-order valence-corrected chi connectivity index (χ2v) is 8.23. The van der Waals surface area contributed by atoms with E-state index in [4.69, 9.17) is 0 Å². The molecular weight excluding hydrogens is 338 g/mol. The largest absolute Gasteiger partial charge is 0.350 e. The van der Waals surface area contributed by atoms with Gasteiger partial charge in [0, 0.05) is 62.8 Å². The van der Waals surface area contributed by atoms with E-state index in [2.05, 4.69) is 43.0 Å². The molecular formula is C21H31N5O. The molecule has 6 heteroatoms. The van der Waals surface area contributed by atoms with Gasteiger partial charge in [-0.15, -0.1) is 0 Å². The molecule has 2 aromatic rings. The highest BCUT2D eigenvalue weighted by Gasteiger charge is 2.21. The van der Waals surface area contributed by atoms with Crippen LogP contribution in [0.4, 0.5) is 0 Å². The molecule has 0 saturated carbocycles. The predicted octanol–water partition coefficient (Wildman–Crippen LogP) is 2.08. The monoisotopic (exact) mass is 369 g/mol. The molecule has 6 nitrogen and oxygen atoms in total. The van der Waals surface area contributed by atoms with Crippen LogP contribution in [0.25, 0.3) is 11.4 Å². The zero-order valence-electron chi connectivity index (χ0n) is 16.7. The Hall–Kier alpha value is -2.18. The summed E-state index contributed by atoms with van der Waals surface area (Å²) in [5.41, 5.74) is 0.984. The predicted molar refractivity (Wildman–Crippen MR) is 108 cm³/mol. The van der Waals surface area contributed by atoms with Crippen LogP contribution in [-0.4, -0.2) is 70.1 Å². The molecule has 2 heterocycles. The lowest BCUT2D eigenvalue weighted by Crippen LogP contribution is -2.52. The minimum absolute atomic E-state index is 0.113. The molecule has 1 N–H and O–H groups in total. The summed E-state index contributed by atoms with van der Waals surface area (Å²) in [7, 11) is 0. The van der Waals surface area contributed by atoms with Gasteiger partial charge in [0.15, 0.2) is 0 Å². The molecule has 1 amide bonds. The number of piperazine rings is 1. The first-order chi connectivity index (χ1) is 12.9. The van der Waals surface area contributed by atoms with Gasteiger partial charge in [0.05, 0.1) is 6.54 Å². The summed E-state index contributed by atoms with van der Waals surface area (Å²) in [5.74, 6) is 1.13. The number of rotatable bonds is 6. The van der Waals surface area contributed by atoms with Crippen molar-refractivity contribution in [3.63, 3.8) is 0 Å². The van der Waals surface area contributed by atoms with Gasteiger partial charge in [-0.05, 0) is 20.8 Å². The van der Waals surface area contributed by atoms with E-state index in [9.17, 15) is 4.79 Å². The molecule has 0 aliphatic carbocycles.